The molecule has 0 bridgehead atoms. The zero-order valence-electron chi connectivity index (χ0n) is 19.7. The minimum absolute atomic E-state index is 0.141. The SMILES string of the molecule is C[C@H](Nc1nc(Oc2cccc3sc(N)nc23)cc(-c2ccc(C(F)(F)F)cc2)n1)C1CCCCC1. The van der Waals surface area contributed by atoms with Crippen molar-refractivity contribution in [2.45, 2.75) is 51.2 Å². The van der Waals surface area contributed by atoms with Gasteiger partial charge in [0.25, 0.3) is 0 Å². The predicted molar refractivity (Wildman–Crippen MR) is 136 cm³/mol. The molecule has 3 N–H and O–H groups in total. The molecule has 6 nitrogen and oxygen atoms in total. The molecule has 36 heavy (non-hydrogen) atoms. The lowest BCUT2D eigenvalue weighted by Crippen LogP contribution is -2.28. The Morgan fingerprint density at radius 1 is 1.03 bits per heavy atom. The summed E-state index contributed by atoms with van der Waals surface area (Å²) in [5.74, 6) is 1.62. The third-order valence-corrected chi connectivity index (χ3v) is 7.39. The van der Waals surface area contributed by atoms with Crippen LogP contribution in [0.25, 0.3) is 21.5 Å². The first-order chi connectivity index (χ1) is 17.3. The van der Waals surface area contributed by atoms with E-state index in [1.54, 1.807) is 12.1 Å². The molecular formula is C26H26F3N5OS. The molecule has 0 spiro atoms. The molecule has 2 aromatic heterocycles. The maximum Gasteiger partial charge on any atom is 0.416 e. The van der Waals surface area contributed by atoms with Crippen LogP contribution in [-0.2, 0) is 6.18 Å². The summed E-state index contributed by atoms with van der Waals surface area (Å²) in [6.07, 6.45) is 1.55. The molecule has 4 aromatic rings. The van der Waals surface area contributed by atoms with Gasteiger partial charge in [-0.25, -0.2) is 9.97 Å². The molecule has 10 heteroatoms. The molecule has 0 aliphatic heterocycles. The number of alkyl halides is 3. The zero-order valence-corrected chi connectivity index (χ0v) is 20.5. The van der Waals surface area contributed by atoms with E-state index in [1.807, 2.05) is 12.1 Å². The van der Waals surface area contributed by atoms with Crippen LogP contribution in [0, 0.1) is 5.92 Å². The van der Waals surface area contributed by atoms with Crippen LogP contribution >= 0.6 is 11.3 Å². The highest BCUT2D eigenvalue weighted by Crippen LogP contribution is 2.36. The van der Waals surface area contributed by atoms with Crippen molar-refractivity contribution in [1.82, 2.24) is 15.0 Å². The molecule has 1 aliphatic rings. The van der Waals surface area contributed by atoms with Gasteiger partial charge in [0.05, 0.1) is 16.0 Å². The Bertz CT molecular complexity index is 1350. The van der Waals surface area contributed by atoms with Gasteiger partial charge >= 0.3 is 6.18 Å². The fraction of sp³-hybridized carbons (Fsp3) is 0.346. The number of para-hydroxylation sites is 1. The Labute approximate surface area is 210 Å². The number of nitrogen functional groups attached to an aromatic ring is 1. The second-order valence-corrected chi connectivity index (χ2v) is 10.1. The summed E-state index contributed by atoms with van der Waals surface area (Å²) in [5.41, 5.74) is 6.78. The number of rotatable bonds is 6. The van der Waals surface area contributed by atoms with E-state index in [-0.39, 0.29) is 11.9 Å². The Morgan fingerprint density at radius 2 is 1.78 bits per heavy atom. The van der Waals surface area contributed by atoms with Crippen molar-refractivity contribution < 1.29 is 17.9 Å². The summed E-state index contributed by atoms with van der Waals surface area (Å²) in [4.78, 5) is 13.6. The van der Waals surface area contributed by atoms with Crippen LogP contribution in [0.15, 0.2) is 48.5 Å². The lowest BCUT2D eigenvalue weighted by molar-refractivity contribution is -0.137. The van der Waals surface area contributed by atoms with Crippen LogP contribution in [-0.4, -0.2) is 21.0 Å². The van der Waals surface area contributed by atoms with Crippen molar-refractivity contribution in [3.8, 4) is 22.9 Å². The Hall–Kier alpha value is -3.40. The molecule has 0 radical (unpaired) electrons. The molecule has 1 saturated carbocycles. The Kier molecular flexibility index (Phi) is 6.70. The number of ether oxygens (including phenoxy) is 1. The van der Waals surface area contributed by atoms with Crippen LogP contribution in [0.4, 0.5) is 24.3 Å². The number of benzene rings is 2. The van der Waals surface area contributed by atoms with Gasteiger partial charge in [-0.05, 0) is 49.9 Å². The molecule has 188 valence electrons. The van der Waals surface area contributed by atoms with Crippen molar-refractivity contribution >= 4 is 32.6 Å². The molecular weight excluding hydrogens is 487 g/mol. The van der Waals surface area contributed by atoms with E-state index in [0.29, 0.717) is 39.5 Å². The fourth-order valence-corrected chi connectivity index (χ4v) is 5.36. The molecule has 1 fully saturated rings. The first-order valence-corrected chi connectivity index (χ1v) is 12.7. The minimum Gasteiger partial charge on any atom is -0.437 e. The topological polar surface area (TPSA) is 86.0 Å². The molecule has 5 rings (SSSR count). The van der Waals surface area contributed by atoms with E-state index in [0.717, 1.165) is 29.7 Å². The highest BCUT2D eigenvalue weighted by Gasteiger charge is 2.30. The Balaban J connectivity index is 1.50. The normalized spacial score (nSPS) is 15.7. The number of halogens is 3. The number of aromatic nitrogens is 3. The smallest absolute Gasteiger partial charge is 0.416 e. The number of anilines is 2. The van der Waals surface area contributed by atoms with Crippen LogP contribution in [0.3, 0.4) is 0 Å². The lowest BCUT2D eigenvalue weighted by atomic mass is 9.85. The summed E-state index contributed by atoms with van der Waals surface area (Å²) in [6, 6.07) is 12.2. The number of nitrogens with zero attached hydrogens (tertiary/aromatic N) is 3. The van der Waals surface area contributed by atoms with Gasteiger partial charge in [-0.2, -0.15) is 18.2 Å². The highest BCUT2D eigenvalue weighted by atomic mass is 32.1. The number of thiazole rings is 1. The van der Waals surface area contributed by atoms with Crippen LogP contribution in [0.5, 0.6) is 11.6 Å². The van der Waals surface area contributed by atoms with E-state index in [4.69, 9.17) is 10.5 Å². The van der Waals surface area contributed by atoms with Gasteiger partial charge in [-0.3, -0.25) is 0 Å². The zero-order chi connectivity index (χ0) is 25.3. The highest BCUT2D eigenvalue weighted by molar-refractivity contribution is 7.22. The van der Waals surface area contributed by atoms with Gasteiger partial charge in [-0.1, -0.05) is 48.8 Å². The van der Waals surface area contributed by atoms with Gasteiger partial charge in [0.1, 0.15) is 5.52 Å². The molecule has 0 saturated heterocycles. The minimum atomic E-state index is -4.41. The summed E-state index contributed by atoms with van der Waals surface area (Å²) in [6.45, 7) is 2.11. The van der Waals surface area contributed by atoms with E-state index in [1.165, 1.54) is 42.7 Å². The van der Waals surface area contributed by atoms with Crippen molar-refractivity contribution in [2.75, 3.05) is 11.1 Å². The van der Waals surface area contributed by atoms with Gasteiger partial charge in [0.15, 0.2) is 10.9 Å². The molecule has 1 atom stereocenters. The van der Waals surface area contributed by atoms with Gasteiger partial charge in [0.2, 0.25) is 11.8 Å². The molecule has 0 unspecified atom stereocenters. The third-order valence-electron chi connectivity index (χ3n) is 6.54. The summed E-state index contributed by atoms with van der Waals surface area (Å²) in [5, 5.41) is 3.84. The molecule has 2 aromatic carbocycles. The number of nitrogens with two attached hydrogens (primary N) is 1. The second-order valence-electron chi connectivity index (χ2n) is 9.08. The maximum atomic E-state index is 13.1. The number of fused-ring (bicyclic) bond motifs is 1. The fourth-order valence-electron chi connectivity index (χ4n) is 4.61. The number of nitrogens with one attached hydrogen (secondary N) is 1. The number of hydrogen-bond acceptors (Lipinski definition) is 7. The van der Waals surface area contributed by atoms with E-state index < -0.39 is 11.7 Å². The Morgan fingerprint density at radius 3 is 2.50 bits per heavy atom. The van der Waals surface area contributed by atoms with E-state index in [2.05, 4.69) is 27.2 Å². The van der Waals surface area contributed by atoms with Crippen molar-refractivity contribution in [3.63, 3.8) is 0 Å². The molecule has 1 aliphatic carbocycles. The van der Waals surface area contributed by atoms with E-state index >= 15 is 0 Å². The van der Waals surface area contributed by atoms with Gasteiger partial charge in [-0.15, -0.1) is 0 Å². The number of hydrogen-bond donors (Lipinski definition) is 2. The second kappa shape index (κ2) is 9.93. The first-order valence-electron chi connectivity index (χ1n) is 11.9. The quantitative estimate of drug-likeness (QED) is 0.277. The van der Waals surface area contributed by atoms with E-state index in [9.17, 15) is 13.2 Å². The lowest BCUT2D eigenvalue weighted by Gasteiger charge is -2.28. The molecule has 2 heterocycles. The summed E-state index contributed by atoms with van der Waals surface area (Å²) >= 11 is 1.36. The monoisotopic (exact) mass is 513 g/mol. The van der Waals surface area contributed by atoms with Crippen molar-refractivity contribution in [3.05, 3.63) is 54.1 Å². The predicted octanol–water partition coefficient (Wildman–Crippen LogP) is 7.53. The summed E-state index contributed by atoms with van der Waals surface area (Å²) in [7, 11) is 0. The standard InChI is InChI=1S/C26H26F3N5OS/c1-15(16-6-3-2-4-7-16)31-25-32-19(17-10-12-18(13-11-17)26(27,28)29)14-22(33-25)35-20-8-5-9-21-23(20)34-24(30)36-21/h5,8-16H,2-4,6-7H2,1H3,(H2,30,34)(H,31,32,33)/t15-/m0/s1. The van der Waals surface area contributed by atoms with Crippen LogP contribution in [0.2, 0.25) is 0 Å². The third kappa shape index (κ3) is 5.38. The van der Waals surface area contributed by atoms with Crippen molar-refractivity contribution in [2.24, 2.45) is 5.92 Å². The first kappa shape index (κ1) is 24.3. The van der Waals surface area contributed by atoms with Crippen LogP contribution in [0.1, 0.15) is 44.6 Å². The van der Waals surface area contributed by atoms with Crippen LogP contribution < -0.4 is 15.8 Å². The average Bonchev–Trinajstić information content (AvgIpc) is 3.25. The summed E-state index contributed by atoms with van der Waals surface area (Å²) < 4.78 is 46.2. The maximum absolute atomic E-state index is 13.1. The molecule has 0 amide bonds. The average molecular weight is 514 g/mol. The van der Waals surface area contributed by atoms with Gasteiger partial charge < -0.3 is 15.8 Å². The van der Waals surface area contributed by atoms with Crippen molar-refractivity contribution in [1.29, 1.82) is 0 Å². The largest absolute Gasteiger partial charge is 0.437 e. The van der Waals surface area contributed by atoms with Gasteiger partial charge in [0, 0.05) is 17.7 Å².